The van der Waals surface area contributed by atoms with Crippen LogP contribution in [-0.4, -0.2) is 48.2 Å². The number of carbonyl (C=O) groups excluding carboxylic acids is 1. The highest BCUT2D eigenvalue weighted by molar-refractivity contribution is 5.81. The third kappa shape index (κ3) is 2.79. The third-order valence-electron chi connectivity index (χ3n) is 4.84. The number of hydrogen-bond acceptors (Lipinski definition) is 3. The zero-order valence-corrected chi connectivity index (χ0v) is 11.9. The van der Waals surface area contributed by atoms with E-state index in [0.29, 0.717) is 18.1 Å². The van der Waals surface area contributed by atoms with Crippen LogP contribution in [-0.2, 0) is 9.53 Å². The first-order valence-corrected chi connectivity index (χ1v) is 7.96. The highest BCUT2D eigenvalue weighted by Gasteiger charge is 2.39. The van der Waals surface area contributed by atoms with Crippen LogP contribution in [0.15, 0.2) is 0 Å². The highest BCUT2D eigenvalue weighted by Crippen LogP contribution is 2.31. The molecule has 4 heteroatoms. The monoisotopic (exact) mass is 266 g/mol. The number of rotatable bonds is 4. The van der Waals surface area contributed by atoms with Gasteiger partial charge in [-0.3, -0.25) is 4.79 Å². The van der Waals surface area contributed by atoms with E-state index in [-0.39, 0.29) is 12.0 Å². The molecule has 3 fully saturated rings. The molecule has 1 amide bonds. The number of fused-ring (bicyclic) bond motifs is 2. The van der Waals surface area contributed by atoms with Crippen molar-refractivity contribution in [3.05, 3.63) is 0 Å². The fraction of sp³-hybridized carbons (Fsp3) is 0.933. The number of hydrogen-bond donors (Lipinski definition) is 1. The maximum atomic E-state index is 12.6. The Labute approximate surface area is 115 Å². The minimum Gasteiger partial charge on any atom is -0.368 e. The van der Waals surface area contributed by atoms with Gasteiger partial charge in [-0.05, 0) is 44.9 Å². The summed E-state index contributed by atoms with van der Waals surface area (Å²) >= 11 is 0. The lowest BCUT2D eigenvalue weighted by Gasteiger charge is -2.38. The van der Waals surface area contributed by atoms with E-state index < -0.39 is 0 Å². The second-order valence-electron chi connectivity index (χ2n) is 6.30. The maximum Gasteiger partial charge on any atom is 0.251 e. The summed E-state index contributed by atoms with van der Waals surface area (Å²) in [5.74, 6) is 0.255. The molecule has 0 spiro atoms. The molecule has 3 saturated heterocycles. The molecule has 0 aromatic carbocycles. The van der Waals surface area contributed by atoms with Gasteiger partial charge in [0, 0.05) is 31.3 Å². The topological polar surface area (TPSA) is 41.6 Å². The Morgan fingerprint density at radius 1 is 1.26 bits per heavy atom. The van der Waals surface area contributed by atoms with Crippen molar-refractivity contribution >= 4 is 5.91 Å². The van der Waals surface area contributed by atoms with Crippen molar-refractivity contribution in [1.29, 1.82) is 0 Å². The molecule has 0 aromatic heterocycles. The molecular formula is C15H26N2O2. The molecule has 3 unspecified atom stereocenters. The number of ether oxygens (including phenoxy) is 1. The summed E-state index contributed by atoms with van der Waals surface area (Å²) in [6.07, 6.45) is 7.68. The van der Waals surface area contributed by atoms with Crippen LogP contribution in [0.2, 0.25) is 0 Å². The Bertz CT molecular complexity index is 316. The van der Waals surface area contributed by atoms with Gasteiger partial charge in [-0.25, -0.2) is 0 Å². The number of piperidine rings is 1. The summed E-state index contributed by atoms with van der Waals surface area (Å²) in [4.78, 5) is 14.8. The first-order chi connectivity index (χ1) is 9.28. The SMILES string of the molecule is CCCN(C(=O)C1CCCO1)C1CC2CCC(C1)N2. The van der Waals surface area contributed by atoms with Crippen LogP contribution in [0.5, 0.6) is 0 Å². The van der Waals surface area contributed by atoms with E-state index in [4.69, 9.17) is 4.74 Å². The molecule has 3 aliphatic rings. The Morgan fingerprint density at radius 2 is 2.00 bits per heavy atom. The average Bonchev–Trinajstić information content (AvgIpc) is 3.05. The minimum absolute atomic E-state index is 0.154. The van der Waals surface area contributed by atoms with Crippen molar-refractivity contribution in [2.75, 3.05) is 13.2 Å². The van der Waals surface area contributed by atoms with E-state index in [1.54, 1.807) is 0 Å². The summed E-state index contributed by atoms with van der Waals surface area (Å²) in [5, 5.41) is 3.66. The summed E-state index contributed by atoms with van der Waals surface area (Å²) in [6.45, 7) is 3.81. The lowest BCUT2D eigenvalue weighted by Crippen LogP contribution is -2.52. The van der Waals surface area contributed by atoms with E-state index in [9.17, 15) is 4.79 Å². The van der Waals surface area contributed by atoms with Gasteiger partial charge in [0.15, 0.2) is 0 Å². The molecule has 0 saturated carbocycles. The van der Waals surface area contributed by atoms with Crippen molar-refractivity contribution in [2.45, 2.75) is 76.1 Å². The average molecular weight is 266 g/mol. The molecule has 19 heavy (non-hydrogen) atoms. The zero-order valence-electron chi connectivity index (χ0n) is 11.9. The lowest BCUT2D eigenvalue weighted by atomic mass is 9.97. The maximum absolute atomic E-state index is 12.6. The van der Waals surface area contributed by atoms with Crippen LogP contribution in [0.4, 0.5) is 0 Å². The number of nitrogens with zero attached hydrogens (tertiary/aromatic N) is 1. The van der Waals surface area contributed by atoms with E-state index in [2.05, 4.69) is 17.1 Å². The van der Waals surface area contributed by atoms with E-state index in [1.807, 2.05) is 0 Å². The molecule has 3 heterocycles. The largest absolute Gasteiger partial charge is 0.368 e. The first-order valence-electron chi connectivity index (χ1n) is 7.96. The molecule has 3 atom stereocenters. The van der Waals surface area contributed by atoms with E-state index >= 15 is 0 Å². The Morgan fingerprint density at radius 3 is 2.58 bits per heavy atom. The predicted octanol–water partition coefficient (Wildman–Crippen LogP) is 1.69. The van der Waals surface area contributed by atoms with Crippen molar-refractivity contribution in [3.8, 4) is 0 Å². The van der Waals surface area contributed by atoms with Gasteiger partial charge in [-0.1, -0.05) is 6.92 Å². The van der Waals surface area contributed by atoms with Crippen LogP contribution < -0.4 is 5.32 Å². The molecule has 108 valence electrons. The van der Waals surface area contributed by atoms with Gasteiger partial charge in [0.25, 0.3) is 5.91 Å². The normalized spacial score (nSPS) is 37.5. The van der Waals surface area contributed by atoms with Crippen molar-refractivity contribution in [1.82, 2.24) is 10.2 Å². The second kappa shape index (κ2) is 5.80. The van der Waals surface area contributed by atoms with Gasteiger partial charge in [0.2, 0.25) is 0 Å². The van der Waals surface area contributed by atoms with Crippen LogP contribution in [0.1, 0.15) is 51.9 Å². The van der Waals surface area contributed by atoms with Gasteiger partial charge in [-0.2, -0.15) is 0 Å². The Balaban J connectivity index is 1.67. The van der Waals surface area contributed by atoms with Gasteiger partial charge < -0.3 is 15.0 Å². The first kappa shape index (κ1) is 13.4. The van der Waals surface area contributed by atoms with Crippen molar-refractivity contribution in [3.63, 3.8) is 0 Å². The number of amides is 1. The highest BCUT2D eigenvalue weighted by atomic mass is 16.5. The van der Waals surface area contributed by atoms with Crippen LogP contribution in [0.3, 0.4) is 0 Å². The minimum atomic E-state index is -0.154. The summed E-state index contributed by atoms with van der Waals surface area (Å²) < 4.78 is 5.60. The summed E-state index contributed by atoms with van der Waals surface area (Å²) in [7, 11) is 0. The number of carbonyl (C=O) groups is 1. The molecule has 0 aliphatic carbocycles. The van der Waals surface area contributed by atoms with Crippen molar-refractivity contribution in [2.24, 2.45) is 0 Å². The Kier molecular flexibility index (Phi) is 4.08. The summed E-state index contributed by atoms with van der Waals surface area (Å²) in [6, 6.07) is 1.72. The molecule has 1 N–H and O–H groups in total. The number of nitrogens with one attached hydrogen (secondary N) is 1. The fourth-order valence-electron chi connectivity index (χ4n) is 3.95. The standard InChI is InChI=1S/C15H26N2O2/c1-2-7-17(15(18)14-4-3-8-19-14)13-9-11-5-6-12(10-13)16-11/h11-14,16H,2-10H2,1H3. The Hall–Kier alpha value is -0.610. The van der Waals surface area contributed by atoms with Crippen molar-refractivity contribution < 1.29 is 9.53 Å². The quantitative estimate of drug-likeness (QED) is 0.842. The molecule has 3 aliphatic heterocycles. The van der Waals surface area contributed by atoms with E-state index in [0.717, 1.165) is 45.3 Å². The second-order valence-corrected chi connectivity index (χ2v) is 6.30. The smallest absolute Gasteiger partial charge is 0.251 e. The molecule has 3 rings (SSSR count). The molecule has 2 bridgehead atoms. The third-order valence-corrected chi connectivity index (χ3v) is 4.84. The van der Waals surface area contributed by atoms with Gasteiger partial charge >= 0.3 is 0 Å². The predicted molar refractivity (Wildman–Crippen MR) is 73.9 cm³/mol. The van der Waals surface area contributed by atoms with Gasteiger partial charge in [0.1, 0.15) is 6.10 Å². The lowest BCUT2D eigenvalue weighted by molar-refractivity contribution is -0.144. The van der Waals surface area contributed by atoms with Crippen LogP contribution >= 0.6 is 0 Å². The zero-order chi connectivity index (χ0) is 13.2. The fourth-order valence-corrected chi connectivity index (χ4v) is 3.95. The van der Waals surface area contributed by atoms with Crippen LogP contribution in [0.25, 0.3) is 0 Å². The van der Waals surface area contributed by atoms with Gasteiger partial charge in [-0.15, -0.1) is 0 Å². The summed E-state index contributed by atoms with van der Waals surface area (Å²) in [5.41, 5.74) is 0. The molecule has 0 aromatic rings. The van der Waals surface area contributed by atoms with Crippen LogP contribution in [0, 0.1) is 0 Å². The molecule has 4 nitrogen and oxygen atoms in total. The molecular weight excluding hydrogens is 240 g/mol. The van der Waals surface area contributed by atoms with E-state index in [1.165, 1.54) is 12.8 Å². The molecule has 0 radical (unpaired) electrons. The van der Waals surface area contributed by atoms with Gasteiger partial charge in [0.05, 0.1) is 0 Å².